The SMILES string of the molecule is CCOC(=O)Cc1csc(SC(C)C(=O)NCCc2ccc(OC)cc2)n1. The minimum absolute atomic E-state index is 0.0318. The van der Waals surface area contributed by atoms with Gasteiger partial charge in [0.15, 0.2) is 4.34 Å². The lowest BCUT2D eigenvalue weighted by Gasteiger charge is -2.10. The number of carbonyl (C=O) groups excluding carboxylic acids is 2. The quantitative estimate of drug-likeness (QED) is 0.481. The lowest BCUT2D eigenvalue weighted by Crippen LogP contribution is -2.32. The fourth-order valence-electron chi connectivity index (χ4n) is 2.25. The molecule has 1 heterocycles. The maximum absolute atomic E-state index is 12.3. The molecular weight excluding hydrogens is 384 g/mol. The summed E-state index contributed by atoms with van der Waals surface area (Å²) in [6.07, 6.45) is 0.918. The molecule has 1 unspecified atom stereocenters. The molecule has 8 heteroatoms. The maximum Gasteiger partial charge on any atom is 0.311 e. The van der Waals surface area contributed by atoms with E-state index in [9.17, 15) is 9.59 Å². The van der Waals surface area contributed by atoms with Crippen molar-refractivity contribution >= 4 is 35.0 Å². The minimum Gasteiger partial charge on any atom is -0.497 e. The summed E-state index contributed by atoms with van der Waals surface area (Å²) in [6, 6.07) is 7.80. The van der Waals surface area contributed by atoms with Crippen molar-refractivity contribution in [3.8, 4) is 5.75 Å². The number of esters is 1. The van der Waals surface area contributed by atoms with E-state index in [4.69, 9.17) is 9.47 Å². The first kappa shape index (κ1) is 21.2. The highest BCUT2D eigenvalue weighted by Gasteiger charge is 2.17. The third-order valence-corrected chi connectivity index (χ3v) is 5.80. The Morgan fingerprint density at radius 2 is 2.04 bits per heavy atom. The molecule has 1 amide bonds. The molecule has 2 aromatic rings. The van der Waals surface area contributed by atoms with E-state index in [-0.39, 0.29) is 23.5 Å². The van der Waals surface area contributed by atoms with Crippen LogP contribution >= 0.6 is 23.1 Å². The highest BCUT2D eigenvalue weighted by molar-refractivity contribution is 8.02. The number of ether oxygens (including phenoxy) is 2. The van der Waals surface area contributed by atoms with Gasteiger partial charge < -0.3 is 14.8 Å². The van der Waals surface area contributed by atoms with Crippen LogP contribution in [-0.2, 0) is 27.2 Å². The number of hydrogen-bond acceptors (Lipinski definition) is 7. The number of rotatable bonds is 10. The molecule has 1 atom stereocenters. The van der Waals surface area contributed by atoms with Crippen molar-refractivity contribution in [1.29, 1.82) is 0 Å². The van der Waals surface area contributed by atoms with E-state index in [1.165, 1.54) is 23.1 Å². The van der Waals surface area contributed by atoms with Crippen LogP contribution in [0.1, 0.15) is 25.1 Å². The molecule has 0 radical (unpaired) electrons. The molecule has 0 spiro atoms. The van der Waals surface area contributed by atoms with Crippen molar-refractivity contribution < 1.29 is 19.1 Å². The molecule has 1 aromatic heterocycles. The van der Waals surface area contributed by atoms with Crippen molar-refractivity contribution in [2.24, 2.45) is 0 Å². The Hall–Kier alpha value is -2.06. The third-order valence-electron chi connectivity index (χ3n) is 3.68. The number of benzene rings is 1. The van der Waals surface area contributed by atoms with E-state index in [1.54, 1.807) is 14.0 Å². The van der Waals surface area contributed by atoms with Gasteiger partial charge in [0.25, 0.3) is 0 Å². The summed E-state index contributed by atoms with van der Waals surface area (Å²) in [5, 5.41) is 4.51. The van der Waals surface area contributed by atoms with Crippen LogP contribution in [0.15, 0.2) is 34.0 Å². The zero-order valence-corrected chi connectivity index (χ0v) is 17.3. The number of nitrogens with one attached hydrogen (secondary N) is 1. The van der Waals surface area contributed by atoms with Gasteiger partial charge in [-0.1, -0.05) is 23.9 Å². The zero-order valence-electron chi connectivity index (χ0n) is 15.7. The molecule has 1 aromatic carbocycles. The van der Waals surface area contributed by atoms with E-state index >= 15 is 0 Å². The van der Waals surface area contributed by atoms with Gasteiger partial charge in [0.2, 0.25) is 5.91 Å². The number of hydrogen-bond donors (Lipinski definition) is 1. The molecule has 0 fully saturated rings. The van der Waals surface area contributed by atoms with E-state index in [2.05, 4.69) is 10.3 Å². The normalized spacial score (nSPS) is 11.7. The van der Waals surface area contributed by atoms with Crippen LogP contribution in [0.3, 0.4) is 0 Å². The number of thiazole rings is 1. The Morgan fingerprint density at radius 3 is 2.70 bits per heavy atom. The van der Waals surface area contributed by atoms with E-state index in [1.807, 2.05) is 36.6 Å². The summed E-state index contributed by atoms with van der Waals surface area (Å²) in [7, 11) is 1.64. The van der Waals surface area contributed by atoms with Crippen molar-refractivity contribution in [2.75, 3.05) is 20.3 Å². The Bertz CT molecular complexity index is 746. The molecular formula is C19H24N2O4S2. The van der Waals surface area contributed by atoms with Crippen molar-refractivity contribution in [3.63, 3.8) is 0 Å². The standard InChI is InChI=1S/C19H24N2O4S2/c1-4-25-17(22)11-15-12-26-19(21-15)27-13(2)18(23)20-10-9-14-5-7-16(24-3)8-6-14/h5-8,12-13H,4,9-11H2,1-3H3,(H,20,23). The molecule has 0 aliphatic carbocycles. The number of carbonyl (C=O) groups is 2. The van der Waals surface area contributed by atoms with Gasteiger partial charge in [0, 0.05) is 11.9 Å². The second-order valence-electron chi connectivity index (χ2n) is 5.74. The van der Waals surface area contributed by atoms with Crippen LogP contribution in [0.2, 0.25) is 0 Å². The topological polar surface area (TPSA) is 77.5 Å². The largest absolute Gasteiger partial charge is 0.497 e. The number of nitrogens with zero attached hydrogens (tertiary/aromatic N) is 1. The summed E-state index contributed by atoms with van der Waals surface area (Å²) in [4.78, 5) is 28.1. The lowest BCUT2D eigenvalue weighted by atomic mass is 10.1. The second kappa shape index (κ2) is 10.9. The molecule has 1 N–H and O–H groups in total. The lowest BCUT2D eigenvalue weighted by molar-refractivity contribution is -0.142. The third kappa shape index (κ3) is 7.22. The summed E-state index contributed by atoms with van der Waals surface area (Å²) in [5.74, 6) is 0.498. The summed E-state index contributed by atoms with van der Waals surface area (Å²) >= 11 is 2.82. The summed E-state index contributed by atoms with van der Waals surface area (Å²) in [6.45, 7) is 4.55. The van der Waals surface area contributed by atoms with Gasteiger partial charge in [-0.15, -0.1) is 11.3 Å². The molecule has 6 nitrogen and oxygen atoms in total. The van der Waals surface area contributed by atoms with Crippen LogP contribution < -0.4 is 10.1 Å². The summed E-state index contributed by atoms with van der Waals surface area (Å²) in [5.41, 5.74) is 1.81. The maximum atomic E-state index is 12.3. The van der Waals surface area contributed by atoms with E-state index in [0.717, 1.165) is 22.1 Å². The Labute approximate surface area is 167 Å². The molecule has 0 saturated carbocycles. The highest BCUT2D eigenvalue weighted by atomic mass is 32.2. The molecule has 0 bridgehead atoms. The Morgan fingerprint density at radius 1 is 1.30 bits per heavy atom. The van der Waals surface area contributed by atoms with Gasteiger partial charge in [0.1, 0.15) is 5.75 Å². The number of aromatic nitrogens is 1. The van der Waals surface area contributed by atoms with Crippen LogP contribution in [0.5, 0.6) is 5.75 Å². The Kier molecular flexibility index (Phi) is 8.60. The molecule has 27 heavy (non-hydrogen) atoms. The Balaban J connectivity index is 1.74. The number of amides is 1. The fourth-order valence-corrected chi connectivity index (χ4v) is 4.26. The predicted molar refractivity (Wildman–Crippen MR) is 107 cm³/mol. The van der Waals surface area contributed by atoms with Crippen LogP contribution in [-0.4, -0.2) is 42.4 Å². The van der Waals surface area contributed by atoms with Gasteiger partial charge in [-0.3, -0.25) is 9.59 Å². The minimum atomic E-state index is -0.288. The molecule has 0 aliphatic rings. The van der Waals surface area contributed by atoms with Crippen molar-refractivity contribution in [3.05, 3.63) is 40.9 Å². The average Bonchev–Trinajstić information content (AvgIpc) is 3.09. The van der Waals surface area contributed by atoms with Gasteiger partial charge in [-0.25, -0.2) is 4.98 Å². The van der Waals surface area contributed by atoms with Crippen LogP contribution in [0, 0.1) is 0 Å². The molecule has 0 saturated heterocycles. The van der Waals surface area contributed by atoms with Crippen LogP contribution in [0.4, 0.5) is 0 Å². The van der Waals surface area contributed by atoms with Crippen LogP contribution in [0.25, 0.3) is 0 Å². The van der Waals surface area contributed by atoms with E-state index < -0.39 is 0 Å². The average molecular weight is 409 g/mol. The molecule has 2 rings (SSSR count). The molecule has 146 valence electrons. The van der Waals surface area contributed by atoms with Gasteiger partial charge in [-0.2, -0.15) is 0 Å². The molecule has 0 aliphatic heterocycles. The zero-order chi connectivity index (χ0) is 19.6. The van der Waals surface area contributed by atoms with Crippen molar-refractivity contribution in [2.45, 2.75) is 36.3 Å². The van der Waals surface area contributed by atoms with Gasteiger partial charge >= 0.3 is 5.97 Å². The first-order valence-electron chi connectivity index (χ1n) is 8.69. The number of thioether (sulfide) groups is 1. The van der Waals surface area contributed by atoms with Gasteiger partial charge in [-0.05, 0) is 38.0 Å². The summed E-state index contributed by atoms with van der Waals surface area (Å²) < 4.78 is 10.8. The second-order valence-corrected chi connectivity index (χ2v) is 8.18. The number of methoxy groups -OCH3 is 1. The monoisotopic (exact) mass is 408 g/mol. The van der Waals surface area contributed by atoms with E-state index in [0.29, 0.717) is 18.8 Å². The first-order valence-corrected chi connectivity index (χ1v) is 10.4. The predicted octanol–water partition coefficient (Wildman–Crippen LogP) is 3.10. The van der Waals surface area contributed by atoms with Gasteiger partial charge in [0.05, 0.1) is 31.1 Å². The fraction of sp³-hybridized carbons (Fsp3) is 0.421. The smallest absolute Gasteiger partial charge is 0.311 e. The first-order chi connectivity index (χ1) is 13.0. The van der Waals surface area contributed by atoms with Crippen molar-refractivity contribution in [1.82, 2.24) is 10.3 Å². The highest BCUT2D eigenvalue weighted by Crippen LogP contribution is 2.27.